The molecule has 0 saturated carbocycles. The van der Waals surface area contributed by atoms with Gasteiger partial charge in [-0.15, -0.1) is 0 Å². The zero-order valence-corrected chi connectivity index (χ0v) is 13.8. The van der Waals surface area contributed by atoms with Gasteiger partial charge in [0.1, 0.15) is 17.2 Å². The molecule has 24 heavy (non-hydrogen) atoms. The molecule has 0 heterocycles. The lowest BCUT2D eigenvalue weighted by molar-refractivity contribution is 0.0733. The highest BCUT2D eigenvalue weighted by Crippen LogP contribution is 2.25. The number of benzene rings is 3. The molecule has 120 valence electrons. The second kappa shape index (κ2) is 7.20. The number of hydrogen-bond acceptors (Lipinski definition) is 3. The Labute approximate surface area is 145 Å². The van der Waals surface area contributed by atoms with Crippen LogP contribution in [-0.2, 0) is 0 Å². The van der Waals surface area contributed by atoms with Crippen LogP contribution in [-0.4, -0.2) is 5.97 Å². The van der Waals surface area contributed by atoms with Gasteiger partial charge in [-0.1, -0.05) is 35.9 Å². The largest absolute Gasteiger partial charge is 0.457 e. The van der Waals surface area contributed by atoms with Gasteiger partial charge in [-0.25, -0.2) is 4.79 Å². The summed E-state index contributed by atoms with van der Waals surface area (Å²) in [6.07, 6.45) is 0. The second-order valence-electron chi connectivity index (χ2n) is 5.24. The molecule has 0 aliphatic heterocycles. The van der Waals surface area contributed by atoms with Crippen molar-refractivity contribution in [3.8, 4) is 17.2 Å². The lowest BCUT2D eigenvalue weighted by Gasteiger charge is -2.09. The first-order chi connectivity index (χ1) is 11.6. The normalized spacial score (nSPS) is 10.2. The van der Waals surface area contributed by atoms with Crippen LogP contribution in [0.25, 0.3) is 0 Å². The summed E-state index contributed by atoms with van der Waals surface area (Å²) in [5.41, 5.74) is 1.21. The second-order valence-corrected chi connectivity index (χ2v) is 5.68. The standard InChI is InChI=1S/C20H15ClO3/c1-14-12-16(21)10-11-19(14)24-20(22)15-6-5-9-18(13-15)23-17-7-3-2-4-8-17/h2-13H,1H3. The van der Waals surface area contributed by atoms with Crippen LogP contribution in [0.4, 0.5) is 0 Å². The number of hydrogen-bond donors (Lipinski definition) is 0. The molecule has 0 fully saturated rings. The van der Waals surface area contributed by atoms with Crippen molar-refractivity contribution in [3.05, 3.63) is 88.9 Å². The number of ether oxygens (including phenoxy) is 2. The third kappa shape index (κ3) is 3.94. The van der Waals surface area contributed by atoms with Crippen molar-refractivity contribution in [2.75, 3.05) is 0 Å². The molecule has 0 amide bonds. The third-order valence-electron chi connectivity index (χ3n) is 3.39. The van der Waals surface area contributed by atoms with E-state index in [-0.39, 0.29) is 0 Å². The van der Waals surface area contributed by atoms with E-state index in [4.69, 9.17) is 21.1 Å². The van der Waals surface area contributed by atoms with Gasteiger partial charge in [-0.3, -0.25) is 0 Å². The van der Waals surface area contributed by atoms with E-state index in [2.05, 4.69) is 0 Å². The molecule has 0 aliphatic rings. The molecule has 0 atom stereocenters. The fraction of sp³-hybridized carbons (Fsp3) is 0.0500. The summed E-state index contributed by atoms with van der Waals surface area (Å²) in [6, 6.07) is 21.4. The molecule has 0 N–H and O–H groups in total. The summed E-state index contributed by atoms with van der Waals surface area (Å²) in [5.74, 6) is 1.32. The van der Waals surface area contributed by atoms with Crippen molar-refractivity contribution >= 4 is 17.6 Å². The maximum Gasteiger partial charge on any atom is 0.343 e. The summed E-state index contributed by atoms with van der Waals surface area (Å²) in [4.78, 5) is 12.3. The minimum absolute atomic E-state index is 0.415. The van der Waals surface area contributed by atoms with E-state index in [1.807, 2.05) is 37.3 Å². The van der Waals surface area contributed by atoms with Crippen LogP contribution in [0.1, 0.15) is 15.9 Å². The fourth-order valence-electron chi connectivity index (χ4n) is 2.20. The molecule has 0 saturated heterocycles. The summed E-state index contributed by atoms with van der Waals surface area (Å²) in [6.45, 7) is 1.84. The topological polar surface area (TPSA) is 35.5 Å². The lowest BCUT2D eigenvalue weighted by atomic mass is 10.2. The smallest absolute Gasteiger partial charge is 0.343 e. The molecule has 3 rings (SSSR count). The van der Waals surface area contributed by atoms with Crippen molar-refractivity contribution in [2.24, 2.45) is 0 Å². The number of halogens is 1. The first-order valence-corrected chi connectivity index (χ1v) is 7.81. The molecule has 0 aliphatic carbocycles. The van der Waals surface area contributed by atoms with E-state index >= 15 is 0 Å². The third-order valence-corrected chi connectivity index (χ3v) is 3.62. The van der Waals surface area contributed by atoms with Gasteiger partial charge in [0, 0.05) is 5.02 Å². The van der Waals surface area contributed by atoms with Gasteiger partial charge >= 0.3 is 5.97 Å². The Kier molecular flexibility index (Phi) is 4.82. The van der Waals surface area contributed by atoms with Crippen molar-refractivity contribution in [3.63, 3.8) is 0 Å². The molecule has 3 aromatic carbocycles. The van der Waals surface area contributed by atoms with Crippen molar-refractivity contribution in [2.45, 2.75) is 6.92 Å². The van der Waals surface area contributed by atoms with Gasteiger partial charge in [0.25, 0.3) is 0 Å². The Hall–Kier alpha value is -2.78. The van der Waals surface area contributed by atoms with Crippen molar-refractivity contribution < 1.29 is 14.3 Å². The zero-order valence-electron chi connectivity index (χ0n) is 13.0. The quantitative estimate of drug-likeness (QED) is 0.455. The number of carbonyl (C=O) groups excluding carboxylic acids is 1. The summed E-state index contributed by atoms with van der Waals surface area (Å²) in [7, 11) is 0. The van der Waals surface area contributed by atoms with E-state index in [1.165, 1.54) is 0 Å². The average Bonchev–Trinajstić information content (AvgIpc) is 2.58. The van der Waals surface area contributed by atoms with Crippen LogP contribution >= 0.6 is 11.6 Å². The highest BCUT2D eigenvalue weighted by Gasteiger charge is 2.12. The Balaban J connectivity index is 1.77. The van der Waals surface area contributed by atoms with Gasteiger partial charge < -0.3 is 9.47 Å². The first kappa shape index (κ1) is 16.1. The molecule has 4 heteroatoms. The van der Waals surface area contributed by atoms with Crippen molar-refractivity contribution in [1.29, 1.82) is 0 Å². The lowest BCUT2D eigenvalue weighted by Crippen LogP contribution is -2.09. The van der Waals surface area contributed by atoms with Gasteiger partial charge in [0.05, 0.1) is 5.56 Å². The highest BCUT2D eigenvalue weighted by atomic mass is 35.5. The van der Waals surface area contributed by atoms with Crippen molar-refractivity contribution in [1.82, 2.24) is 0 Å². The fourth-order valence-corrected chi connectivity index (χ4v) is 2.42. The van der Waals surface area contributed by atoms with Crippen LogP contribution < -0.4 is 9.47 Å². The van der Waals surface area contributed by atoms with Crippen LogP contribution in [0.2, 0.25) is 5.02 Å². The van der Waals surface area contributed by atoms with Gasteiger partial charge in [0.15, 0.2) is 0 Å². The Morgan fingerprint density at radius 3 is 2.38 bits per heavy atom. The number of esters is 1. The molecule has 3 aromatic rings. The Bertz CT molecular complexity index is 860. The van der Waals surface area contributed by atoms with Crippen LogP contribution in [0, 0.1) is 6.92 Å². The van der Waals surface area contributed by atoms with Crippen LogP contribution in [0.5, 0.6) is 17.2 Å². The molecule has 0 bridgehead atoms. The number of aryl methyl sites for hydroxylation is 1. The van der Waals surface area contributed by atoms with Gasteiger partial charge in [-0.05, 0) is 61.0 Å². The van der Waals surface area contributed by atoms with E-state index < -0.39 is 5.97 Å². The van der Waals surface area contributed by atoms with Crippen LogP contribution in [0.15, 0.2) is 72.8 Å². The summed E-state index contributed by atoms with van der Waals surface area (Å²) in [5, 5.41) is 0.602. The Morgan fingerprint density at radius 1 is 0.875 bits per heavy atom. The molecule has 0 aromatic heterocycles. The first-order valence-electron chi connectivity index (χ1n) is 7.43. The number of carbonyl (C=O) groups is 1. The number of para-hydroxylation sites is 1. The molecule has 0 radical (unpaired) electrons. The van der Waals surface area contributed by atoms with Gasteiger partial charge in [-0.2, -0.15) is 0 Å². The SMILES string of the molecule is Cc1cc(Cl)ccc1OC(=O)c1cccc(Oc2ccccc2)c1. The van der Waals surface area contributed by atoms with Gasteiger partial charge in [0.2, 0.25) is 0 Å². The molecule has 3 nitrogen and oxygen atoms in total. The van der Waals surface area contributed by atoms with E-state index in [9.17, 15) is 4.79 Å². The average molecular weight is 339 g/mol. The van der Waals surface area contributed by atoms with E-state index in [0.29, 0.717) is 27.8 Å². The monoisotopic (exact) mass is 338 g/mol. The Morgan fingerprint density at radius 2 is 1.62 bits per heavy atom. The summed E-state index contributed by atoms with van der Waals surface area (Å²) < 4.78 is 11.2. The van der Waals surface area contributed by atoms with E-state index in [0.717, 1.165) is 5.56 Å². The highest BCUT2D eigenvalue weighted by molar-refractivity contribution is 6.30. The molecule has 0 spiro atoms. The maximum absolute atomic E-state index is 12.3. The minimum atomic E-state index is -0.445. The maximum atomic E-state index is 12.3. The zero-order chi connectivity index (χ0) is 16.9. The molecule has 0 unspecified atom stereocenters. The minimum Gasteiger partial charge on any atom is -0.457 e. The number of rotatable bonds is 4. The predicted octanol–water partition coefficient (Wildman–Crippen LogP) is 5.66. The predicted molar refractivity (Wildman–Crippen MR) is 94.1 cm³/mol. The summed E-state index contributed by atoms with van der Waals surface area (Å²) >= 11 is 5.91. The van der Waals surface area contributed by atoms with Crippen LogP contribution in [0.3, 0.4) is 0 Å². The van der Waals surface area contributed by atoms with E-state index in [1.54, 1.807) is 42.5 Å². The molecular formula is C20H15ClO3. The molecular weight excluding hydrogens is 324 g/mol.